The second kappa shape index (κ2) is 10.1. The first-order chi connectivity index (χ1) is 14.7. The molecule has 0 aliphatic carbocycles. The van der Waals surface area contributed by atoms with Gasteiger partial charge in [-0.3, -0.25) is 9.59 Å². The molecule has 2 aromatic carbocycles. The van der Waals surface area contributed by atoms with Crippen LogP contribution in [0.1, 0.15) is 67.4 Å². The first kappa shape index (κ1) is 23.7. The fourth-order valence-electron chi connectivity index (χ4n) is 3.64. The van der Waals surface area contributed by atoms with Crippen molar-refractivity contribution in [1.29, 1.82) is 0 Å². The number of thioether (sulfide) groups is 1. The number of carbonyl (C=O) groups excluding carboxylic acids is 2. The maximum Gasteiger partial charge on any atom is 0.257 e. The van der Waals surface area contributed by atoms with E-state index in [0.29, 0.717) is 22.9 Å². The Morgan fingerprint density at radius 2 is 1.81 bits per heavy atom. The summed E-state index contributed by atoms with van der Waals surface area (Å²) in [7, 11) is 0. The quantitative estimate of drug-likeness (QED) is 0.555. The number of halogens is 1. The Morgan fingerprint density at radius 1 is 1.13 bits per heavy atom. The van der Waals surface area contributed by atoms with Crippen molar-refractivity contribution >= 4 is 35.2 Å². The summed E-state index contributed by atoms with van der Waals surface area (Å²) in [4.78, 5) is 28.2. The predicted octanol–water partition coefficient (Wildman–Crippen LogP) is 5.81. The Bertz CT molecular complexity index is 924. The van der Waals surface area contributed by atoms with E-state index in [9.17, 15) is 9.59 Å². The fourth-order valence-corrected chi connectivity index (χ4v) is 5.29. The van der Waals surface area contributed by atoms with Crippen molar-refractivity contribution in [1.82, 2.24) is 10.2 Å². The van der Waals surface area contributed by atoms with Gasteiger partial charge in [-0.1, -0.05) is 82.1 Å². The van der Waals surface area contributed by atoms with Gasteiger partial charge in [-0.25, -0.2) is 0 Å². The molecule has 4 nitrogen and oxygen atoms in total. The van der Waals surface area contributed by atoms with Gasteiger partial charge in [0.15, 0.2) is 0 Å². The molecule has 1 aliphatic rings. The average molecular weight is 459 g/mol. The first-order valence-electron chi connectivity index (χ1n) is 10.8. The Labute approximate surface area is 194 Å². The molecule has 1 aliphatic heterocycles. The molecule has 0 aromatic heterocycles. The van der Waals surface area contributed by atoms with Crippen molar-refractivity contribution in [3.8, 4) is 0 Å². The van der Waals surface area contributed by atoms with Crippen LogP contribution in [0, 0.1) is 0 Å². The van der Waals surface area contributed by atoms with Gasteiger partial charge >= 0.3 is 0 Å². The van der Waals surface area contributed by atoms with E-state index < -0.39 is 6.04 Å². The zero-order chi connectivity index (χ0) is 22.6. The minimum Gasteiger partial charge on any atom is -0.354 e. The highest BCUT2D eigenvalue weighted by atomic mass is 35.5. The van der Waals surface area contributed by atoms with E-state index in [-0.39, 0.29) is 22.6 Å². The molecule has 31 heavy (non-hydrogen) atoms. The van der Waals surface area contributed by atoms with Gasteiger partial charge in [-0.05, 0) is 35.1 Å². The molecule has 0 radical (unpaired) electrons. The summed E-state index contributed by atoms with van der Waals surface area (Å²) in [5.74, 6) is 0.242. The van der Waals surface area contributed by atoms with Crippen LogP contribution in [-0.2, 0) is 10.2 Å². The van der Waals surface area contributed by atoms with Gasteiger partial charge in [0.25, 0.3) is 5.91 Å². The zero-order valence-electron chi connectivity index (χ0n) is 18.7. The second-order valence-electron chi connectivity index (χ2n) is 8.91. The van der Waals surface area contributed by atoms with Crippen LogP contribution in [0.25, 0.3) is 0 Å². The molecule has 1 fully saturated rings. The number of carbonyl (C=O) groups is 2. The maximum atomic E-state index is 13.6. The highest BCUT2D eigenvalue weighted by molar-refractivity contribution is 7.99. The summed E-state index contributed by atoms with van der Waals surface area (Å²) in [5, 5.41) is 3.16. The third-order valence-electron chi connectivity index (χ3n) is 5.53. The largest absolute Gasteiger partial charge is 0.354 e. The van der Waals surface area contributed by atoms with Crippen molar-refractivity contribution in [3.05, 3.63) is 70.2 Å². The number of hydrogen-bond acceptors (Lipinski definition) is 3. The molecular formula is C25H31ClN2O2S. The topological polar surface area (TPSA) is 49.4 Å². The summed E-state index contributed by atoms with van der Waals surface area (Å²) < 4.78 is 0. The Balaban J connectivity index is 1.93. The summed E-state index contributed by atoms with van der Waals surface area (Å²) in [6, 6.07) is 14.9. The van der Waals surface area contributed by atoms with E-state index in [0.717, 1.165) is 18.4 Å². The lowest BCUT2D eigenvalue weighted by Crippen LogP contribution is -2.48. The van der Waals surface area contributed by atoms with Crippen molar-refractivity contribution in [3.63, 3.8) is 0 Å². The van der Waals surface area contributed by atoms with E-state index in [1.54, 1.807) is 40.9 Å². The van der Waals surface area contributed by atoms with Crippen molar-refractivity contribution in [2.75, 3.05) is 12.3 Å². The van der Waals surface area contributed by atoms with E-state index in [1.807, 2.05) is 0 Å². The lowest BCUT2D eigenvalue weighted by molar-refractivity contribution is -0.124. The Kier molecular flexibility index (Phi) is 7.71. The number of nitrogens with zero attached hydrogens (tertiary/aromatic N) is 1. The lowest BCUT2D eigenvalue weighted by Gasteiger charge is -2.30. The SMILES string of the molecule is CCCCNC(=O)C1CSC(c2ccc(C(C)(C)C)cc2)N1C(=O)c1ccccc1Cl. The predicted molar refractivity (Wildman–Crippen MR) is 130 cm³/mol. The molecule has 2 aromatic rings. The molecule has 6 heteroatoms. The van der Waals surface area contributed by atoms with Gasteiger partial charge in [-0.2, -0.15) is 0 Å². The zero-order valence-corrected chi connectivity index (χ0v) is 20.2. The standard InChI is InChI=1S/C25H31ClN2O2S/c1-5-6-15-27-22(29)21-16-31-24(17-11-13-18(14-12-17)25(2,3)4)28(21)23(30)19-9-7-8-10-20(19)26/h7-14,21,24H,5-6,15-16H2,1-4H3,(H,27,29). The molecule has 1 saturated heterocycles. The highest BCUT2D eigenvalue weighted by Gasteiger charge is 2.43. The van der Waals surface area contributed by atoms with Crippen LogP contribution in [0.5, 0.6) is 0 Å². The number of nitrogens with one attached hydrogen (secondary N) is 1. The molecule has 2 unspecified atom stereocenters. The highest BCUT2D eigenvalue weighted by Crippen LogP contribution is 2.43. The third kappa shape index (κ3) is 5.45. The molecule has 2 atom stereocenters. The molecule has 2 amide bonds. The molecule has 0 saturated carbocycles. The van der Waals surface area contributed by atoms with Crippen LogP contribution in [0.4, 0.5) is 0 Å². The molecule has 0 spiro atoms. The third-order valence-corrected chi connectivity index (χ3v) is 7.19. The number of hydrogen-bond donors (Lipinski definition) is 1. The van der Waals surface area contributed by atoms with Crippen molar-refractivity contribution in [2.45, 2.75) is 57.4 Å². The normalized spacial score (nSPS) is 18.8. The Morgan fingerprint density at radius 3 is 2.42 bits per heavy atom. The average Bonchev–Trinajstić information content (AvgIpc) is 3.18. The monoisotopic (exact) mass is 458 g/mol. The number of rotatable bonds is 6. The summed E-state index contributed by atoms with van der Waals surface area (Å²) in [5.41, 5.74) is 2.73. The van der Waals surface area contributed by atoms with Crippen LogP contribution in [0.2, 0.25) is 5.02 Å². The molecule has 1 heterocycles. The van der Waals surface area contributed by atoms with Gasteiger partial charge in [0.2, 0.25) is 5.91 Å². The summed E-state index contributed by atoms with van der Waals surface area (Å²) >= 11 is 7.96. The molecule has 3 rings (SSSR count). The summed E-state index contributed by atoms with van der Waals surface area (Å²) in [6.07, 6.45) is 1.92. The van der Waals surface area contributed by atoms with Gasteiger partial charge in [-0.15, -0.1) is 11.8 Å². The number of benzene rings is 2. The van der Waals surface area contributed by atoms with E-state index in [2.05, 4.69) is 57.3 Å². The van der Waals surface area contributed by atoms with Crippen molar-refractivity contribution < 1.29 is 9.59 Å². The van der Waals surface area contributed by atoms with E-state index in [1.165, 1.54) is 5.56 Å². The first-order valence-corrected chi connectivity index (χ1v) is 12.2. The molecule has 0 bridgehead atoms. The molecular weight excluding hydrogens is 428 g/mol. The number of amides is 2. The minimum atomic E-state index is -0.530. The van der Waals surface area contributed by atoms with E-state index >= 15 is 0 Å². The lowest BCUT2D eigenvalue weighted by atomic mass is 9.86. The second-order valence-corrected chi connectivity index (χ2v) is 10.4. The maximum absolute atomic E-state index is 13.6. The van der Waals surface area contributed by atoms with Crippen LogP contribution >= 0.6 is 23.4 Å². The number of unbranched alkanes of at least 4 members (excludes halogenated alkanes) is 1. The molecule has 166 valence electrons. The van der Waals surface area contributed by atoms with Gasteiger partial charge in [0.1, 0.15) is 11.4 Å². The van der Waals surface area contributed by atoms with Crippen LogP contribution < -0.4 is 5.32 Å². The van der Waals surface area contributed by atoms with Gasteiger partial charge in [0, 0.05) is 12.3 Å². The Hall–Kier alpha value is -1.98. The van der Waals surface area contributed by atoms with Crippen LogP contribution in [0.15, 0.2) is 48.5 Å². The summed E-state index contributed by atoms with van der Waals surface area (Å²) in [6.45, 7) is 9.24. The van der Waals surface area contributed by atoms with Gasteiger partial charge in [0.05, 0.1) is 10.6 Å². The van der Waals surface area contributed by atoms with Crippen LogP contribution in [-0.4, -0.2) is 35.1 Å². The van der Waals surface area contributed by atoms with Gasteiger partial charge < -0.3 is 10.2 Å². The smallest absolute Gasteiger partial charge is 0.257 e. The molecule has 1 N–H and O–H groups in total. The fraction of sp³-hybridized carbons (Fsp3) is 0.440. The minimum absolute atomic E-state index is 0.0517. The van der Waals surface area contributed by atoms with Crippen molar-refractivity contribution in [2.24, 2.45) is 0 Å². The van der Waals surface area contributed by atoms with Crippen LogP contribution in [0.3, 0.4) is 0 Å². The van der Waals surface area contributed by atoms with E-state index in [4.69, 9.17) is 11.6 Å².